The number of piperazine rings is 1. The van der Waals surface area contributed by atoms with E-state index in [-0.39, 0.29) is 17.9 Å². The summed E-state index contributed by atoms with van der Waals surface area (Å²) >= 11 is 0. The maximum atomic E-state index is 13.1. The van der Waals surface area contributed by atoms with Gasteiger partial charge in [0.05, 0.1) is 7.11 Å². The number of fused-ring (bicyclic) bond motifs is 1. The zero-order valence-corrected chi connectivity index (χ0v) is 19.3. The van der Waals surface area contributed by atoms with Crippen LogP contribution in [-0.2, 0) is 0 Å². The van der Waals surface area contributed by atoms with E-state index in [1.54, 1.807) is 7.11 Å². The summed E-state index contributed by atoms with van der Waals surface area (Å²) in [7, 11) is 1.65. The molecule has 172 valence electrons. The summed E-state index contributed by atoms with van der Waals surface area (Å²) in [5.74, 6) is 0.806. The summed E-state index contributed by atoms with van der Waals surface area (Å²) in [6, 6.07) is 23.2. The number of nitrogens with one attached hydrogen (secondary N) is 1. The molecule has 1 fully saturated rings. The minimum Gasteiger partial charge on any atom is -0.497 e. The Bertz CT molecular complexity index is 1330. The number of nitrogens with zero attached hydrogens (tertiary/aromatic N) is 2. The first kappa shape index (κ1) is 21.8. The third-order valence-corrected chi connectivity index (χ3v) is 6.53. The first-order valence-corrected chi connectivity index (χ1v) is 11.5. The molecule has 1 aromatic heterocycles. The SMILES string of the molecule is C[C@H]1CN(C(=O)c2ccc(-c3ccc(O[11CH3])cc3)cc2)CCN1C(=O)c1ccc2cc[nH]c2c1. The fourth-order valence-electron chi connectivity index (χ4n) is 4.56. The molecule has 34 heavy (non-hydrogen) atoms. The second kappa shape index (κ2) is 9.06. The fraction of sp³-hybridized carbons (Fsp3) is 0.214. The number of aromatic nitrogens is 1. The van der Waals surface area contributed by atoms with Gasteiger partial charge in [0.25, 0.3) is 11.8 Å². The van der Waals surface area contributed by atoms with Crippen LogP contribution in [0, 0.1) is 0 Å². The Hall–Kier alpha value is -4.06. The lowest BCUT2D eigenvalue weighted by molar-refractivity contribution is 0.0414. The molecule has 2 amide bonds. The van der Waals surface area contributed by atoms with E-state index in [0.717, 1.165) is 27.8 Å². The van der Waals surface area contributed by atoms with E-state index in [0.29, 0.717) is 30.8 Å². The van der Waals surface area contributed by atoms with E-state index < -0.39 is 0 Å². The number of amides is 2. The third kappa shape index (κ3) is 4.15. The molecule has 2 heterocycles. The van der Waals surface area contributed by atoms with Crippen molar-refractivity contribution in [3.05, 3.63) is 90.1 Å². The molecule has 1 N–H and O–H groups in total. The van der Waals surface area contributed by atoms with Gasteiger partial charge in [-0.1, -0.05) is 30.3 Å². The van der Waals surface area contributed by atoms with Crippen LogP contribution in [0.4, 0.5) is 0 Å². The maximum absolute atomic E-state index is 13.1. The molecule has 3 aromatic carbocycles. The summed E-state index contributed by atoms with van der Waals surface area (Å²) < 4.78 is 5.22. The Balaban J connectivity index is 1.25. The number of ether oxygens (including phenoxy) is 1. The molecule has 0 radical (unpaired) electrons. The van der Waals surface area contributed by atoms with Crippen molar-refractivity contribution in [2.45, 2.75) is 13.0 Å². The maximum Gasteiger partial charge on any atom is 0.254 e. The second-order valence-corrected chi connectivity index (χ2v) is 8.68. The quantitative estimate of drug-likeness (QED) is 0.482. The molecular formula is C28H27N3O3. The number of methoxy groups -OCH3 is 1. The standard InChI is InChI=1S/C28H27N3O3/c1-19-18-30(15-16-31(19)28(33)24-8-5-22-13-14-29-26(22)17-24)27(32)23-6-3-20(4-7-23)21-9-11-25(34-2)12-10-21/h3-14,17,19,29H,15-16,18H2,1-2H3/t19-/m0/s1/i2-1. The number of hydrogen-bond acceptors (Lipinski definition) is 3. The molecule has 5 rings (SSSR count). The van der Waals surface area contributed by atoms with Gasteiger partial charge in [-0.25, -0.2) is 0 Å². The van der Waals surface area contributed by atoms with E-state index in [1.165, 1.54) is 0 Å². The van der Waals surface area contributed by atoms with Crippen LogP contribution in [0.15, 0.2) is 79.0 Å². The molecule has 0 saturated carbocycles. The predicted octanol–water partition coefficient (Wildman–Crippen LogP) is 4.83. The van der Waals surface area contributed by atoms with Gasteiger partial charge in [0.1, 0.15) is 5.75 Å². The van der Waals surface area contributed by atoms with Crippen molar-refractivity contribution in [1.29, 1.82) is 0 Å². The molecule has 1 aliphatic rings. The summed E-state index contributed by atoms with van der Waals surface area (Å²) in [5.41, 5.74) is 4.38. The minimum absolute atomic E-state index is 0.0000523. The van der Waals surface area contributed by atoms with Crippen molar-refractivity contribution in [3.63, 3.8) is 0 Å². The first-order valence-electron chi connectivity index (χ1n) is 11.5. The molecule has 1 atom stereocenters. The minimum atomic E-state index is -0.0666. The number of hydrogen-bond donors (Lipinski definition) is 1. The molecule has 1 aliphatic heterocycles. The van der Waals surface area contributed by atoms with Crippen molar-refractivity contribution in [2.24, 2.45) is 0 Å². The summed E-state index contributed by atoms with van der Waals surface area (Å²) in [4.78, 5) is 33.1. The lowest BCUT2D eigenvalue weighted by atomic mass is 10.0. The zero-order chi connectivity index (χ0) is 23.7. The number of benzene rings is 3. The van der Waals surface area contributed by atoms with Crippen LogP contribution in [0.5, 0.6) is 5.75 Å². The Morgan fingerprint density at radius 3 is 2.21 bits per heavy atom. The largest absolute Gasteiger partial charge is 0.497 e. The number of carbonyl (C=O) groups excluding carboxylic acids is 2. The van der Waals surface area contributed by atoms with Crippen LogP contribution in [-0.4, -0.2) is 59.4 Å². The zero-order valence-electron chi connectivity index (χ0n) is 19.3. The smallest absolute Gasteiger partial charge is 0.254 e. The molecule has 0 aliphatic carbocycles. The monoisotopic (exact) mass is 452 g/mol. The van der Waals surface area contributed by atoms with Gasteiger partial charge in [-0.15, -0.1) is 0 Å². The molecular weight excluding hydrogens is 425 g/mol. The van der Waals surface area contributed by atoms with Crippen LogP contribution >= 0.6 is 0 Å². The van der Waals surface area contributed by atoms with Crippen molar-refractivity contribution in [3.8, 4) is 16.9 Å². The second-order valence-electron chi connectivity index (χ2n) is 8.68. The summed E-state index contributed by atoms with van der Waals surface area (Å²) in [6.07, 6.45) is 1.87. The highest BCUT2D eigenvalue weighted by Crippen LogP contribution is 2.24. The van der Waals surface area contributed by atoms with Crippen molar-refractivity contribution < 1.29 is 14.3 Å². The van der Waals surface area contributed by atoms with E-state index in [9.17, 15) is 9.59 Å². The van der Waals surface area contributed by atoms with Crippen molar-refractivity contribution in [1.82, 2.24) is 14.8 Å². The Labute approximate surface area is 198 Å². The van der Waals surface area contributed by atoms with Gasteiger partial charge in [0, 0.05) is 48.5 Å². The third-order valence-electron chi connectivity index (χ3n) is 6.53. The Morgan fingerprint density at radius 1 is 0.853 bits per heavy atom. The predicted molar refractivity (Wildman–Crippen MR) is 133 cm³/mol. The average molecular weight is 453 g/mol. The highest BCUT2D eigenvalue weighted by Gasteiger charge is 2.30. The Morgan fingerprint density at radius 2 is 1.53 bits per heavy atom. The number of aromatic amines is 1. The van der Waals surface area contributed by atoms with E-state index in [1.807, 2.05) is 95.7 Å². The normalized spacial score (nSPS) is 16.0. The van der Waals surface area contributed by atoms with Gasteiger partial charge in [-0.05, 0) is 65.9 Å². The molecule has 1 saturated heterocycles. The average Bonchev–Trinajstić information content (AvgIpc) is 3.36. The van der Waals surface area contributed by atoms with Gasteiger partial charge in [0.2, 0.25) is 0 Å². The van der Waals surface area contributed by atoms with E-state index in [2.05, 4.69) is 4.98 Å². The number of rotatable bonds is 4. The number of carbonyl (C=O) groups is 2. The van der Waals surface area contributed by atoms with E-state index >= 15 is 0 Å². The van der Waals surface area contributed by atoms with Crippen LogP contribution in [0.25, 0.3) is 22.0 Å². The van der Waals surface area contributed by atoms with Gasteiger partial charge >= 0.3 is 0 Å². The van der Waals surface area contributed by atoms with Crippen LogP contribution in [0.3, 0.4) is 0 Å². The van der Waals surface area contributed by atoms with Gasteiger partial charge in [0.15, 0.2) is 0 Å². The molecule has 0 spiro atoms. The highest BCUT2D eigenvalue weighted by atomic mass is 16.4. The van der Waals surface area contributed by atoms with Gasteiger partial charge < -0.3 is 19.5 Å². The van der Waals surface area contributed by atoms with Crippen molar-refractivity contribution >= 4 is 22.7 Å². The molecule has 6 heteroatoms. The highest BCUT2D eigenvalue weighted by molar-refractivity contribution is 5.99. The topological polar surface area (TPSA) is 65.6 Å². The van der Waals surface area contributed by atoms with Crippen LogP contribution in [0.1, 0.15) is 27.6 Å². The first-order chi connectivity index (χ1) is 16.5. The van der Waals surface area contributed by atoms with Gasteiger partial charge in [-0.2, -0.15) is 0 Å². The van der Waals surface area contributed by atoms with Gasteiger partial charge in [-0.3, -0.25) is 9.59 Å². The molecule has 6 nitrogen and oxygen atoms in total. The van der Waals surface area contributed by atoms with E-state index in [4.69, 9.17) is 4.74 Å². The summed E-state index contributed by atoms with van der Waals surface area (Å²) in [6.45, 7) is 3.53. The molecule has 0 bridgehead atoms. The molecule has 4 aromatic rings. The van der Waals surface area contributed by atoms with Crippen LogP contribution in [0.2, 0.25) is 0 Å². The lowest BCUT2D eigenvalue weighted by Crippen LogP contribution is -2.55. The Kier molecular flexibility index (Phi) is 5.80. The lowest BCUT2D eigenvalue weighted by Gasteiger charge is -2.40. The molecule has 0 unspecified atom stereocenters. The van der Waals surface area contributed by atoms with Crippen molar-refractivity contribution in [2.75, 3.05) is 26.7 Å². The van der Waals surface area contributed by atoms with Crippen LogP contribution < -0.4 is 4.74 Å². The fourth-order valence-corrected chi connectivity index (χ4v) is 4.56. The number of H-pyrrole nitrogens is 1. The summed E-state index contributed by atoms with van der Waals surface area (Å²) in [5, 5.41) is 1.08.